The second kappa shape index (κ2) is 8.45. The highest BCUT2D eigenvalue weighted by Gasteiger charge is 2.23. The van der Waals surface area contributed by atoms with E-state index >= 15 is 0 Å². The number of carbonyl (C=O) groups is 1. The van der Waals surface area contributed by atoms with Crippen molar-refractivity contribution >= 4 is 66.6 Å². The van der Waals surface area contributed by atoms with E-state index in [1.165, 1.54) is 5.56 Å². The van der Waals surface area contributed by atoms with Crippen molar-refractivity contribution in [2.45, 2.75) is 5.75 Å². The van der Waals surface area contributed by atoms with Crippen molar-refractivity contribution in [3.05, 3.63) is 68.8 Å². The summed E-state index contributed by atoms with van der Waals surface area (Å²) in [6.07, 6.45) is 1.71. The molecule has 0 spiro atoms. The van der Waals surface area contributed by atoms with E-state index in [2.05, 4.69) is 33.1 Å². The number of halogens is 2. The van der Waals surface area contributed by atoms with Crippen molar-refractivity contribution in [1.82, 2.24) is 0 Å². The molecule has 0 aromatic heterocycles. The first-order chi connectivity index (χ1) is 12.1. The molecule has 0 saturated heterocycles. The molecule has 7 heteroatoms. The van der Waals surface area contributed by atoms with Crippen LogP contribution in [0.2, 0.25) is 5.02 Å². The summed E-state index contributed by atoms with van der Waals surface area (Å²) >= 11 is 12.2. The van der Waals surface area contributed by atoms with Crippen molar-refractivity contribution in [3.63, 3.8) is 0 Å². The van der Waals surface area contributed by atoms with Crippen LogP contribution in [-0.4, -0.2) is 16.6 Å². The predicted molar refractivity (Wildman–Crippen MR) is 111 cm³/mol. The van der Waals surface area contributed by atoms with Crippen LogP contribution in [0, 0.1) is 0 Å². The second-order valence-electron chi connectivity index (χ2n) is 5.08. The molecule has 1 aliphatic rings. The molecule has 1 aliphatic heterocycles. The third-order valence-corrected chi connectivity index (χ3v) is 6.23. The highest BCUT2D eigenvalue weighted by molar-refractivity contribution is 9.10. The second-order valence-corrected chi connectivity index (χ2v) is 8.56. The van der Waals surface area contributed by atoms with Crippen LogP contribution in [0.25, 0.3) is 6.08 Å². The summed E-state index contributed by atoms with van der Waals surface area (Å²) < 4.78 is 6.87. The Morgan fingerprint density at radius 1 is 1.32 bits per heavy atom. The molecule has 128 valence electrons. The molecular weight excluding hydrogens is 442 g/mol. The van der Waals surface area contributed by atoms with Gasteiger partial charge in [-0.3, -0.25) is 4.79 Å². The van der Waals surface area contributed by atoms with Gasteiger partial charge in [0.2, 0.25) is 5.12 Å². The van der Waals surface area contributed by atoms with E-state index < -0.39 is 0 Å². The summed E-state index contributed by atoms with van der Waals surface area (Å²) in [5, 5.41) is 0.481. The Bertz CT molecular complexity index is 869. The molecule has 0 N–H and O–H groups in total. The summed E-state index contributed by atoms with van der Waals surface area (Å²) in [6.45, 7) is 0. The van der Waals surface area contributed by atoms with Gasteiger partial charge in [0, 0.05) is 16.3 Å². The molecule has 0 aliphatic carbocycles. The van der Waals surface area contributed by atoms with E-state index in [1.54, 1.807) is 37.1 Å². The van der Waals surface area contributed by atoms with Crippen molar-refractivity contribution in [3.8, 4) is 5.75 Å². The van der Waals surface area contributed by atoms with E-state index in [0.29, 0.717) is 22.0 Å². The normalized spacial score (nSPS) is 15.6. The number of hydrogen-bond acceptors (Lipinski definition) is 5. The number of ether oxygens (including phenoxy) is 1. The van der Waals surface area contributed by atoms with Crippen LogP contribution in [0.5, 0.6) is 5.75 Å². The molecule has 0 unspecified atom stereocenters. The third kappa shape index (κ3) is 4.70. The van der Waals surface area contributed by atoms with E-state index in [1.807, 2.05) is 18.2 Å². The Kier molecular flexibility index (Phi) is 6.28. The lowest BCUT2D eigenvalue weighted by molar-refractivity contribution is -0.107. The van der Waals surface area contributed by atoms with Gasteiger partial charge in [-0.2, -0.15) is 0 Å². The van der Waals surface area contributed by atoms with Crippen LogP contribution in [-0.2, 0) is 10.5 Å². The lowest BCUT2D eigenvalue weighted by Crippen LogP contribution is -1.92. The zero-order valence-electron chi connectivity index (χ0n) is 13.2. The quantitative estimate of drug-likeness (QED) is 0.530. The van der Waals surface area contributed by atoms with Gasteiger partial charge in [0.25, 0.3) is 0 Å². The van der Waals surface area contributed by atoms with Gasteiger partial charge < -0.3 is 4.74 Å². The van der Waals surface area contributed by atoms with Crippen LogP contribution < -0.4 is 4.74 Å². The zero-order valence-corrected chi connectivity index (χ0v) is 17.1. The molecule has 2 aromatic rings. The third-order valence-electron chi connectivity index (χ3n) is 3.34. The Morgan fingerprint density at radius 2 is 2.08 bits per heavy atom. The smallest absolute Gasteiger partial charge is 0.244 e. The van der Waals surface area contributed by atoms with Gasteiger partial charge in [-0.05, 0) is 51.5 Å². The fourth-order valence-electron chi connectivity index (χ4n) is 2.22. The van der Waals surface area contributed by atoms with Crippen LogP contribution in [0.4, 0.5) is 0 Å². The first kappa shape index (κ1) is 18.6. The number of rotatable bonds is 4. The van der Waals surface area contributed by atoms with Crippen LogP contribution in [0.3, 0.4) is 0 Å². The predicted octanol–water partition coefficient (Wildman–Crippen LogP) is 6.01. The van der Waals surface area contributed by atoms with Crippen LogP contribution >= 0.6 is 51.1 Å². The van der Waals surface area contributed by atoms with Gasteiger partial charge in [-0.15, -0.1) is 0 Å². The highest BCUT2D eigenvalue weighted by Crippen LogP contribution is 2.37. The Hall–Kier alpha value is -1.21. The summed E-state index contributed by atoms with van der Waals surface area (Å²) in [4.78, 5) is 16.7. The number of thioether (sulfide) groups is 2. The van der Waals surface area contributed by atoms with E-state index in [0.717, 1.165) is 26.4 Å². The molecular formula is C18H13BrClNO2S2. The Morgan fingerprint density at radius 3 is 2.80 bits per heavy atom. The first-order valence-corrected chi connectivity index (χ1v) is 10.3. The number of methoxy groups -OCH3 is 1. The number of aliphatic imine (C=N–C) groups is 1. The summed E-state index contributed by atoms with van der Waals surface area (Å²) in [6, 6.07) is 13.6. The van der Waals surface area contributed by atoms with Gasteiger partial charge in [0.1, 0.15) is 15.8 Å². The van der Waals surface area contributed by atoms with Gasteiger partial charge in [-0.25, -0.2) is 4.99 Å². The average molecular weight is 455 g/mol. The van der Waals surface area contributed by atoms with E-state index in [9.17, 15) is 4.79 Å². The maximum atomic E-state index is 12.3. The van der Waals surface area contributed by atoms with E-state index in [4.69, 9.17) is 16.3 Å². The van der Waals surface area contributed by atoms with Crippen molar-refractivity contribution in [2.24, 2.45) is 4.99 Å². The maximum absolute atomic E-state index is 12.3. The molecule has 0 fully saturated rings. The minimum Gasteiger partial charge on any atom is -0.495 e. The lowest BCUT2D eigenvalue weighted by Gasteiger charge is -2.08. The van der Waals surface area contributed by atoms with E-state index in [-0.39, 0.29) is 5.12 Å². The van der Waals surface area contributed by atoms with Gasteiger partial charge in [-0.1, -0.05) is 53.7 Å². The Balaban J connectivity index is 1.82. The van der Waals surface area contributed by atoms with Crippen molar-refractivity contribution < 1.29 is 9.53 Å². The summed E-state index contributed by atoms with van der Waals surface area (Å²) in [5.41, 5.74) is 2.30. The molecule has 0 radical (unpaired) electrons. The maximum Gasteiger partial charge on any atom is 0.244 e. The fraction of sp³-hybridized carbons (Fsp3) is 0.111. The van der Waals surface area contributed by atoms with Crippen LogP contribution in [0.1, 0.15) is 11.1 Å². The first-order valence-electron chi connectivity index (χ1n) is 7.29. The minimum atomic E-state index is -0.0753. The van der Waals surface area contributed by atoms with Gasteiger partial charge in [0.15, 0.2) is 0 Å². The molecule has 1 heterocycles. The molecule has 0 saturated carbocycles. The van der Waals surface area contributed by atoms with Crippen LogP contribution in [0.15, 0.2) is 57.6 Å². The molecule has 0 atom stereocenters. The molecule has 25 heavy (non-hydrogen) atoms. The molecule has 0 amide bonds. The standard InChI is InChI=1S/C18H13BrClNO2S2/c1-23-16-12(7-13(20)9-14(16)19)8-15-17(22)25-18(21-15)24-10-11-5-3-2-4-6-11/h2-9H,10H2,1H3. The Labute approximate surface area is 168 Å². The number of hydrogen-bond donors (Lipinski definition) is 0. The molecule has 3 rings (SSSR count). The number of nitrogens with zero attached hydrogens (tertiary/aromatic N) is 1. The summed E-state index contributed by atoms with van der Waals surface area (Å²) in [7, 11) is 1.58. The number of carbonyl (C=O) groups excluding carboxylic acids is 1. The molecule has 0 bridgehead atoms. The number of benzene rings is 2. The summed E-state index contributed by atoms with van der Waals surface area (Å²) in [5.74, 6) is 1.40. The molecule has 2 aromatic carbocycles. The minimum absolute atomic E-state index is 0.0753. The molecule has 3 nitrogen and oxygen atoms in total. The topological polar surface area (TPSA) is 38.7 Å². The van der Waals surface area contributed by atoms with Crippen molar-refractivity contribution in [2.75, 3.05) is 7.11 Å². The SMILES string of the molecule is COc1c(Br)cc(Cl)cc1C=C1N=C(SCc2ccccc2)SC1=O. The largest absolute Gasteiger partial charge is 0.495 e. The monoisotopic (exact) mass is 453 g/mol. The highest BCUT2D eigenvalue weighted by atomic mass is 79.9. The van der Waals surface area contributed by atoms with Gasteiger partial charge in [0.05, 0.1) is 11.6 Å². The van der Waals surface area contributed by atoms with Crippen molar-refractivity contribution in [1.29, 1.82) is 0 Å². The fourth-order valence-corrected chi connectivity index (χ4v) is 5.01. The average Bonchev–Trinajstić information content (AvgIpc) is 2.93. The van der Waals surface area contributed by atoms with Gasteiger partial charge >= 0.3 is 0 Å². The zero-order chi connectivity index (χ0) is 17.8. The lowest BCUT2D eigenvalue weighted by atomic mass is 10.1.